The number of hydrogen-bond donors (Lipinski definition) is 2. The highest BCUT2D eigenvalue weighted by Gasteiger charge is 2.37. The van der Waals surface area contributed by atoms with Crippen LogP contribution >= 0.6 is 0 Å². The van der Waals surface area contributed by atoms with Gasteiger partial charge in [-0.3, -0.25) is 19.3 Å². The summed E-state index contributed by atoms with van der Waals surface area (Å²) < 4.78 is 13.5. The molecule has 0 spiro atoms. The number of halogens is 1. The Morgan fingerprint density at radius 2 is 2.14 bits per heavy atom. The predicted molar refractivity (Wildman–Crippen MR) is 75.1 cm³/mol. The van der Waals surface area contributed by atoms with Crippen LogP contribution < -0.4 is 10.6 Å². The van der Waals surface area contributed by atoms with E-state index in [1.807, 2.05) is 0 Å². The highest BCUT2D eigenvalue weighted by Crippen LogP contribution is 2.23. The smallest absolute Gasteiger partial charge is 0.252 e. The molecular weight excluding hydrogens is 277 g/mol. The van der Waals surface area contributed by atoms with E-state index in [-0.39, 0.29) is 23.9 Å². The first-order valence-corrected chi connectivity index (χ1v) is 6.60. The molecule has 2 N–H and O–H groups in total. The molecule has 112 valence electrons. The van der Waals surface area contributed by atoms with Crippen LogP contribution in [-0.4, -0.2) is 35.2 Å². The van der Waals surface area contributed by atoms with E-state index in [4.69, 9.17) is 0 Å². The van der Waals surface area contributed by atoms with Crippen molar-refractivity contribution in [3.63, 3.8) is 0 Å². The lowest BCUT2D eigenvalue weighted by molar-refractivity contribution is -0.138. The summed E-state index contributed by atoms with van der Waals surface area (Å²) in [6, 6.07) is 3.37. The van der Waals surface area contributed by atoms with Crippen molar-refractivity contribution in [1.82, 2.24) is 4.90 Å². The number of imide groups is 1. The molecule has 1 aromatic rings. The Bertz CT molecular complexity index is 603. The minimum atomic E-state index is -0.659. The number of carbonyl (C=O) groups is 3. The monoisotopic (exact) mass is 293 g/mol. The van der Waals surface area contributed by atoms with Gasteiger partial charge in [-0.2, -0.15) is 0 Å². The van der Waals surface area contributed by atoms with Crippen LogP contribution in [0.3, 0.4) is 0 Å². The van der Waals surface area contributed by atoms with Crippen molar-refractivity contribution >= 4 is 29.1 Å². The lowest BCUT2D eigenvalue weighted by atomic mass is 10.2. The fourth-order valence-corrected chi connectivity index (χ4v) is 2.23. The van der Waals surface area contributed by atoms with E-state index in [2.05, 4.69) is 10.6 Å². The Hall–Kier alpha value is -2.44. The summed E-state index contributed by atoms with van der Waals surface area (Å²) in [5, 5.41) is 5.26. The fourth-order valence-electron chi connectivity index (χ4n) is 2.23. The highest BCUT2D eigenvalue weighted by atomic mass is 19.1. The number of nitrogens with one attached hydrogen (secondary N) is 2. The number of rotatable bonds is 4. The number of likely N-dealkylation sites (N-methyl/N-ethyl adjacent to an activating group) is 1. The van der Waals surface area contributed by atoms with Gasteiger partial charge in [0.2, 0.25) is 11.8 Å². The van der Waals surface area contributed by atoms with Gasteiger partial charge in [0.1, 0.15) is 11.9 Å². The molecule has 1 atom stereocenters. The molecular formula is C14H16FN3O3. The molecule has 7 heteroatoms. The summed E-state index contributed by atoms with van der Waals surface area (Å²) >= 11 is 0. The van der Waals surface area contributed by atoms with Gasteiger partial charge in [0, 0.05) is 19.2 Å². The molecule has 1 aliphatic heterocycles. The van der Waals surface area contributed by atoms with Gasteiger partial charge in [0.05, 0.1) is 12.1 Å². The molecule has 0 unspecified atom stereocenters. The second-order valence-corrected chi connectivity index (χ2v) is 4.75. The molecule has 2 rings (SSSR count). The van der Waals surface area contributed by atoms with Gasteiger partial charge >= 0.3 is 0 Å². The van der Waals surface area contributed by atoms with E-state index < -0.39 is 17.8 Å². The van der Waals surface area contributed by atoms with Gasteiger partial charge in [0.25, 0.3) is 5.91 Å². The van der Waals surface area contributed by atoms with Crippen LogP contribution in [0.25, 0.3) is 0 Å². The summed E-state index contributed by atoms with van der Waals surface area (Å²) in [7, 11) is 0. The van der Waals surface area contributed by atoms with Crippen LogP contribution in [-0.2, 0) is 14.4 Å². The van der Waals surface area contributed by atoms with E-state index in [0.717, 1.165) is 0 Å². The topological polar surface area (TPSA) is 78.5 Å². The summed E-state index contributed by atoms with van der Waals surface area (Å²) in [4.78, 5) is 35.8. The largest absolute Gasteiger partial charge is 0.373 e. The highest BCUT2D eigenvalue weighted by molar-refractivity contribution is 6.06. The zero-order chi connectivity index (χ0) is 15.6. The minimum Gasteiger partial charge on any atom is -0.373 e. The number of nitrogens with zero attached hydrogens (tertiary/aromatic N) is 1. The summed E-state index contributed by atoms with van der Waals surface area (Å²) in [5.74, 6) is -1.49. The second-order valence-electron chi connectivity index (χ2n) is 4.75. The van der Waals surface area contributed by atoms with Crippen molar-refractivity contribution in [2.45, 2.75) is 26.3 Å². The lowest BCUT2D eigenvalue weighted by Crippen LogP contribution is -2.34. The third kappa shape index (κ3) is 3.18. The number of amides is 3. The molecule has 0 aromatic heterocycles. The molecule has 1 heterocycles. The molecule has 0 radical (unpaired) electrons. The number of anilines is 2. The van der Waals surface area contributed by atoms with E-state index in [9.17, 15) is 18.8 Å². The zero-order valence-corrected chi connectivity index (χ0v) is 11.8. The summed E-state index contributed by atoms with van der Waals surface area (Å²) in [6.07, 6.45) is 0.0690. The Morgan fingerprint density at radius 1 is 1.43 bits per heavy atom. The van der Waals surface area contributed by atoms with E-state index in [1.54, 1.807) is 6.92 Å². The van der Waals surface area contributed by atoms with Gasteiger partial charge in [0.15, 0.2) is 0 Å². The third-order valence-electron chi connectivity index (χ3n) is 3.18. The molecule has 0 bridgehead atoms. The first-order chi connectivity index (χ1) is 9.92. The molecule has 3 amide bonds. The SMILES string of the molecule is CCN1C(=O)C[C@H](Nc2ccc(F)c(NC(C)=O)c2)C1=O. The lowest BCUT2D eigenvalue weighted by Gasteiger charge is -2.15. The Kier molecular flexibility index (Phi) is 4.21. The maximum absolute atomic E-state index is 13.5. The molecule has 1 fully saturated rings. The van der Waals surface area contributed by atoms with Gasteiger partial charge in [-0.25, -0.2) is 4.39 Å². The summed E-state index contributed by atoms with van der Waals surface area (Å²) in [5.41, 5.74) is 0.487. The third-order valence-corrected chi connectivity index (χ3v) is 3.18. The first-order valence-electron chi connectivity index (χ1n) is 6.60. The fraction of sp³-hybridized carbons (Fsp3) is 0.357. The first kappa shape index (κ1) is 15.0. The number of carbonyl (C=O) groups excluding carboxylic acids is 3. The second kappa shape index (κ2) is 5.90. The summed E-state index contributed by atoms with van der Waals surface area (Å²) in [6.45, 7) is 3.33. The van der Waals surface area contributed by atoms with Crippen molar-refractivity contribution in [1.29, 1.82) is 0 Å². The van der Waals surface area contributed by atoms with E-state index in [0.29, 0.717) is 12.2 Å². The van der Waals surface area contributed by atoms with Crippen LogP contribution in [0, 0.1) is 5.82 Å². The molecule has 21 heavy (non-hydrogen) atoms. The van der Waals surface area contributed by atoms with Crippen LogP contribution in [0.2, 0.25) is 0 Å². The molecule has 1 aromatic carbocycles. The quantitative estimate of drug-likeness (QED) is 0.821. The van der Waals surface area contributed by atoms with Crippen molar-refractivity contribution in [3.05, 3.63) is 24.0 Å². The van der Waals surface area contributed by atoms with Crippen LogP contribution in [0.5, 0.6) is 0 Å². The van der Waals surface area contributed by atoms with Crippen LogP contribution in [0.1, 0.15) is 20.3 Å². The van der Waals surface area contributed by atoms with E-state index >= 15 is 0 Å². The maximum Gasteiger partial charge on any atom is 0.252 e. The molecule has 1 aliphatic rings. The molecule has 1 saturated heterocycles. The number of hydrogen-bond acceptors (Lipinski definition) is 4. The van der Waals surface area contributed by atoms with Gasteiger partial charge in [-0.15, -0.1) is 0 Å². The number of likely N-dealkylation sites (tertiary alicyclic amines) is 1. The average molecular weight is 293 g/mol. The van der Waals surface area contributed by atoms with Gasteiger partial charge in [-0.1, -0.05) is 0 Å². The van der Waals surface area contributed by atoms with Crippen molar-refractivity contribution < 1.29 is 18.8 Å². The molecule has 6 nitrogen and oxygen atoms in total. The average Bonchev–Trinajstić information content (AvgIpc) is 2.67. The van der Waals surface area contributed by atoms with Crippen LogP contribution in [0.15, 0.2) is 18.2 Å². The molecule has 0 aliphatic carbocycles. The van der Waals surface area contributed by atoms with Gasteiger partial charge in [-0.05, 0) is 25.1 Å². The normalized spacial score (nSPS) is 18.0. The maximum atomic E-state index is 13.5. The minimum absolute atomic E-state index is 0.0246. The van der Waals surface area contributed by atoms with Crippen molar-refractivity contribution in [2.24, 2.45) is 0 Å². The molecule has 0 saturated carbocycles. The van der Waals surface area contributed by atoms with Gasteiger partial charge < -0.3 is 10.6 Å². The standard InChI is InChI=1S/C14H16FN3O3/c1-3-18-13(20)7-12(14(18)21)17-9-4-5-10(15)11(6-9)16-8(2)19/h4-6,12,17H,3,7H2,1-2H3,(H,16,19)/t12-/m0/s1. The van der Waals surface area contributed by atoms with E-state index in [1.165, 1.54) is 30.0 Å². The zero-order valence-electron chi connectivity index (χ0n) is 11.8. The van der Waals surface area contributed by atoms with Crippen molar-refractivity contribution in [3.8, 4) is 0 Å². The number of benzene rings is 1. The Balaban J connectivity index is 2.15. The van der Waals surface area contributed by atoms with Crippen LogP contribution in [0.4, 0.5) is 15.8 Å². The Morgan fingerprint density at radius 3 is 2.71 bits per heavy atom. The Labute approximate surface area is 121 Å². The van der Waals surface area contributed by atoms with Crippen molar-refractivity contribution in [2.75, 3.05) is 17.2 Å². The predicted octanol–water partition coefficient (Wildman–Crippen LogP) is 1.34.